The molecule has 2 aromatic rings. The maximum atomic E-state index is 11.3. The van der Waals surface area contributed by atoms with Crippen LogP contribution in [0.4, 0.5) is 0 Å². The van der Waals surface area contributed by atoms with Crippen molar-refractivity contribution >= 4 is 23.5 Å². The third-order valence-corrected chi connectivity index (χ3v) is 4.03. The average molecular weight is 420 g/mol. The van der Waals surface area contributed by atoms with Gasteiger partial charge >= 0.3 is 11.9 Å². The van der Waals surface area contributed by atoms with Gasteiger partial charge in [-0.15, -0.1) is 0 Å². The SMILES string of the molecule is CC(=O)c1cc(CC#N)cc(C(=O)O)c1.COC(=O)c1cc(CC#N)cc(C(C)=O)c1. The fourth-order valence-corrected chi connectivity index (χ4v) is 2.54. The van der Waals surface area contributed by atoms with Crippen LogP contribution in [0.3, 0.4) is 0 Å². The van der Waals surface area contributed by atoms with Gasteiger partial charge in [0, 0.05) is 11.1 Å². The van der Waals surface area contributed by atoms with Crippen LogP contribution in [0.1, 0.15) is 66.4 Å². The molecule has 31 heavy (non-hydrogen) atoms. The molecule has 158 valence electrons. The summed E-state index contributed by atoms with van der Waals surface area (Å²) in [5, 5.41) is 25.9. The zero-order valence-electron chi connectivity index (χ0n) is 17.3. The van der Waals surface area contributed by atoms with E-state index < -0.39 is 11.9 Å². The van der Waals surface area contributed by atoms with E-state index in [0.29, 0.717) is 27.8 Å². The Bertz CT molecular complexity index is 1070. The van der Waals surface area contributed by atoms with E-state index in [2.05, 4.69) is 4.74 Å². The molecule has 0 aromatic heterocycles. The second-order valence-corrected chi connectivity index (χ2v) is 6.42. The minimum Gasteiger partial charge on any atom is -0.478 e. The highest BCUT2D eigenvalue weighted by molar-refractivity contribution is 5.98. The molecule has 0 saturated carbocycles. The number of methoxy groups -OCH3 is 1. The van der Waals surface area contributed by atoms with Crippen molar-refractivity contribution in [1.29, 1.82) is 10.5 Å². The summed E-state index contributed by atoms with van der Waals surface area (Å²) < 4.78 is 4.57. The van der Waals surface area contributed by atoms with Gasteiger partial charge in [0.25, 0.3) is 0 Å². The molecule has 0 spiro atoms. The number of carbonyl (C=O) groups is 4. The van der Waals surface area contributed by atoms with Crippen LogP contribution in [0.5, 0.6) is 0 Å². The van der Waals surface area contributed by atoms with Gasteiger partial charge in [-0.25, -0.2) is 9.59 Å². The topological polar surface area (TPSA) is 145 Å². The molecule has 0 aliphatic rings. The number of esters is 1. The fourth-order valence-electron chi connectivity index (χ4n) is 2.54. The summed E-state index contributed by atoms with van der Waals surface area (Å²) in [6, 6.07) is 12.8. The lowest BCUT2D eigenvalue weighted by molar-refractivity contribution is 0.0599. The molecule has 1 N–H and O–H groups in total. The van der Waals surface area contributed by atoms with Crippen molar-refractivity contribution in [3.8, 4) is 12.1 Å². The van der Waals surface area contributed by atoms with Crippen molar-refractivity contribution in [2.24, 2.45) is 0 Å². The van der Waals surface area contributed by atoms with Gasteiger partial charge < -0.3 is 9.84 Å². The predicted molar refractivity (Wildman–Crippen MR) is 110 cm³/mol. The van der Waals surface area contributed by atoms with Gasteiger partial charge in [-0.1, -0.05) is 0 Å². The Labute approximate surface area is 179 Å². The normalized spacial score (nSPS) is 9.32. The van der Waals surface area contributed by atoms with Gasteiger partial charge in [-0.05, 0) is 61.4 Å². The second-order valence-electron chi connectivity index (χ2n) is 6.42. The standard InChI is InChI=1S/C12H11NO3.C11H9NO3/c1-8(14)10-5-9(3-4-13)6-11(7-10)12(15)16-2;1-7(13)9-4-8(2-3-12)5-10(6-9)11(14)15/h5-7H,3H2,1-2H3;4-6H,2H2,1H3,(H,14,15). The molecule has 2 aromatic carbocycles. The Morgan fingerprint density at radius 3 is 1.52 bits per heavy atom. The van der Waals surface area contributed by atoms with E-state index in [9.17, 15) is 19.2 Å². The van der Waals surface area contributed by atoms with Gasteiger partial charge in [-0.2, -0.15) is 10.5 Å². The van der Waals surface area contributed by atoms with Crippen molar-refractivity contribution in [2.45, 2.75) is 26.7 Å². The Hall–Kier alpha value is -4.30. The minimum atomic E-state index is -1.10. The highest BCUT2D eigenvalue weighted by Gasteiger charge is 2.11. The van der Waals surface area contributed by atoms with Gasteiger partial charge in [0.15, 0.2) is 11.6 Å². The van der Waals surface area contributed by atoms with E-state index in [1.807, 2.05) is 12.1 Å². The number of hydrogen-bond donors (Lipinski definition) is 1. The first-order valence-electron chi connectivity index (χ1n) is 8.98. The Morgan fingerprint density at radius 1 is 0.774 bits per heavy atom. The molecule has 0 fully saturated rings. The number of carboxylic acid groups (broad SMARTS) is 1. The van der Waals surface area contributed by atoms with Gasteiger partial charge in [0.1, 0.15) is 0 Å². The number of hydrogen-bond acceptors (Lipinski definition) is 7. The number of benzene rings is 2. The Balaban J connectivity index is 0.000000311. The third-order valence-electron chi connectivity index (χ3n) is 4.03. The molecule has 0 unspecified atom stereocenters. The van der Waals surface area contributed by atoms with Crippen LogP contribution >= 0.6 is 0 Å². The molecule has 0 amide bonds. The maximum Gasteiger partial charge on any atom is 0.337 e. The Morgan fingerprint density at radius 2 is 1.16 bits per heavy atom. The van der Waals surface area contributed by atoms with E-state index in [0.717, 1.165) is 0 Å². The van der Waals surface area contributed by atoms with Crippen LogP contribution in [0, 0.1) is 22.7 Å². The molecule has 0 aliphatic carbocycles. The lowest BCUT2D eigenvalue weighted by Gasteiger charge is -2.04. The molecule has 2 rings (SSSR count). The summed E-state index contributed by atoms with van der Waals surface area (Å²) in [5.74, 6) is -1.97. The minimum absolute atomic E-state index is 0.0351. The molecule has 8 heteroatoms. The second kappa shape index (κ2) is 11.6. The smallest absolute Gasteiger partial charge is 0.337 e. The number of nitriles is 2. The van der Waals surface area contributed by atoms with Crippen LogP contribution in [0.25, 0.3) is 0 Å². The number of ketones is 2. The predicted octanol–water partition coefficient (Wildman–Crippen LogP) is 3.40. The summed E-state index contributed by atoms with van der Waals surface area (Å²) >= 11 is 0. The fraction of sp³-hybridized carbons (Fsp3) is 0.217. The summed E-state index contributed by atoms with van der Waals surface area (Å²) in [7, 11) is 1.27. The van der Waals surface area contributed by atoms with Crippen LogP contribution in [0.2, 0.25) is 0 Å². The molecule has 0 heterocycles. The molecule has 0 atom stereocenters. The number of ether oxygens (including phenoxy) is 1. The Kier molecular flexibility index (Phi) is 9.29. The molecule has 0 bridgehead atoms. The van der Waals surface area contributed by atoms with E-state index in [1.54, 1.807) is 12.1 Å². The van der Waals surface area contributed by atoms with Gasteiger partial charge in [-0.3, -0.25) is 9.59 Å². The number of carboxylic acids is 1. The van der Waals surface area contributed by atoms with Crippen LogP contribution < -0.4 is 0 Å². The zero-order valence-corrected chi connectivity index (χ0v) is 17.3. The largest absolute Gasteiger partial charge is 0.478 e. The molecule has 0 radical (unpaired) electrons. The molecule has 8 nitrogen and oxygen atoms in total. The van der Waals surface area contributed by atoms with Crippen molar-refractivity contribution in [2.75, 3.05) is 7.11 Å². The summed E-state index contributed by atoms with van der Waals surface area (Å²) in [6.07, 6.45) is 0.256. The van der Waals surface area contributed by atoms with Crippen molar-refractivity contribution in [3.63, 3.8) is 0 Å². The van der Waals surface area contributed by atoms with Gasteiger partial charge in [0.2, 0.25) is 0 Å². The highest BCUT2D eigenvalue weighted by atomic mass is 16.5. The highest BCUT2D eigenvalue weighted by Crippen LogP contribution is 2.13. The number of carbonyl (C=O) groups excluding carboxylic acids is 3. The van der Waals surface area contributed by atoms with Crippen molar-refractivity contribution in [3.05, 3.63) is 69.8 Å². The van der Waals surface area contributed by atoms with Crippen molar-refractivity contribution < 1.29 is 29.0 Å². The first-order chi connectivity index (χ1) is 14.6. The van der Waals surface area contributed by atoms with Crippen LogP contribution in [-0.4, -0.2) is 35.7 Å². The monoisotopic (exact) mass is 420 g/mol. The lowest BCUT2D eigenvalue weighted by atomic mass is 10.0. The zero-order chi connectivity index (χ0) is 23.6. The first kappa shape index (κ1) is 24.7. The van der Waals surface area contributed by atoms with E-state index in [-0.39, 0.29) is 30.0 Å². The third kappa shape index (κ3) is 7.56. The van der Waals surface area contributed by atoms with Crippen LogP contribution in [0.15, 0.2) is 36.4 Å². The number of aromatic carboxylic acids is 1. The van der Waals surface area contributed by atoms with Gasteiger partial charge in [0.05, 0.1) is 43.2 Å². The van der Waals surface area contributed by atoms with E-state index in [4.69, 9.17) is 15.6 Å². The van der Waals surface area contributed by atoms with E-state index >= 15 is 0 Å². The maximum absolute atomic E-state index is 11.3. The summed E-state index contributed by atoms with van der Waals surface area (Å²) in [4.78, 5) is 44.4. The quantitative estimate of drug-likeness (QED) is 0.553. The number of Topliss-reactive ketones (excluding diaryl/α,β-unsaturated/α-hetero) is 2. The molecular weight excluding hydrogens is 400 g/mol. The summed E-state index contributed by atoms with van der Waals surface area (Å²) in [5.41, 5.74) is 2.24. The van der Waals surface area contributed by atoms with E-state index in [1.165, 1.54) is 45.2 Å². The first-order valence-corrected chi connectivity index (χ1v) is 8.98. The molecular formula is C23H20N2O6. The lowest BCUT2D eigenvalue weighted by Crippen LogP contribution is -2.05. The molecule has 0 aliphatic heterocycles. The van der Waals surface area contributed by atoms with Crippen molar-refractivity contribution in [1.82, 2.24) is 0 Å². The summed E-state index contributed by atoms with van der Waals surface area (Å²) in [6.45, 7) is 2.77. The average Bonchev–Trinajstić information content (AvgIpc) is 2.73. The molecule has 0 saturated heterocycles. The number of nitrogens with zero attached hydrogens (tertiary/aromatic N) is 2. The number of rotatable bonds is 6. The van der Waals surface area contributed by atoms with Crippen LogP contribution in [-0.2, 0) is 17.6 Å².